The van der Waals surface area contributed by atoms with E-state index in [1.165, 1.54) is 5.56 Å². The summed E-state index contributed by atoms with van der Waals surface area (Å²) in [5, 5.41) is 0. The Balaban J connectivity index is 1.78. The highest BCUT2D eigenvalue weighted by Crippen LogP contribution is 2.18. The molecule has 5 heteroatoms. The van der Waals surface area contributed by atoms with Crippen LogP contribution in [0.25, 0.3) is 0 Å². The first-order valence-corrected chi connectivity index (χ1v) is 8.52. The number of H-pyrrole nitrogens is 1. The van der Waals surface area contributed by atoms with Gasteiger partial charge >= 0.3 is 0 Å². The second kappa shape index (κ2) is 6.75. The minimum atomic E-state index is 0.0346. The molecule has 0 unspecified atom stereocenters. The summed E-state index contributed by atoms with van der Waals surface area (Å²) in [6.07, 6.45) is 2.69. The fraction of sp³-hybridized carbons (Fsp3) is 0.412. The van der Waals surface area contributed by atoms with Gasteiger partial charge in [-0.15, -0.1) is 0 Å². The summed E-state index contributed by atoms with van der Waals surface area (Å²) in [7, 11) is 0. The Morgan fingerprint density at radius 3 is 3.05 bits per heavy atom. The lowest BCUT2D eigenvalue weighted by Crippen LogP contribution is -2.35. The van der Waals surface area contributed by atoms with Crippen LogP contribution in [0.5, 0.6) is 0 Å². The zero-order valence-electron chi connectivity index (χ0n) is 12.7. The van der Waals surface area contributed by atoms with Gasteiger partial charge < -0.3 is 4.98 Å². The number of halogens is 1. The van der Waals surface area contributed by atoms with Crippen molar-refractivity contribution < 1.29 is 0 Å². The lowest BCUT2D eigenvalue weighted by molar-refractivity contribution is 0.241. The van der Waals surface area contributed by atoms with Crippen LogP contribution >= 0.6 is 15.9 Å². The highest BCUT2D eigenvalue weighted by atomic mass is 79.9. The molecule has 2 aromatic rings. The van der Waals surface area contributed by atoms with Gasteiger partial charge in [0.1, 0.15) is 5.82 Å². The molecule has 0 aliphatic carbocycles. The predicted molar refractivity (Wildman–Crippen MR) is 90.8 cm³/mol. The van der Waals surface area contributed by atoms with Gasteiger partial charge in [-0.1, -0.05) is 35.0 Å². The Kier molecular flexibility index (Phi) is 4.74. The summed E-state index contributed by atoms with van der Waals surface area (Å²) in [6, 6.07) is 8.32. The standard InChI is InChI=1S/C17H20BrN3O/c1-2-4-16-19-15-7-8-21(11-14(15)17(22)20-16)10-12-5-3-6-13(18)9-12/h3,5-6,9H,2,4,7-8,10-11H2,1H3,(H,19,20,22). The molecule has 3 rings (SSSR count). The summed E-state index contributed by atoms with van der Waals surface area (Å²) >= 11 is 3.50. The molecule has 0 fully saturated rings. The van der Waals surface area contributed by atoms with E-state index in [0.717, 1.165) is 53.9 Å². The van der Waals surface area contributed by atoms with Crippen LogP contribution in [-0.2, 0) is 25.9 Å². The molecule has 0 radical (unpaired) electrons. The second-order valence-electron chi connectivity index (χ2n) is 5.78. The van der Waals surface area contributed by atoms with Gasteiger partial charge in [-0.25, -0.2) is 4.98 Å². The average Bonchev–Trinajstić information content (AvgIpc) is 2.48. The third-order valence-corrected chi connectivity index (χ3v) is 4.47. The number of nitrogens with zero attached hydrogens (tertiary/aromatic N) is 2. The molecule has 1 N–H and O–H groups in total. The summed E-state index contributed by atoms with van der Waals surface area (Å²) in [5.74, 6) is 0.826. The van der Waals surface area contributed by atoms with Crippen LogP contribution in [0.4, 0.5) is 0 Å². The summed E-state index contributed by atoms with van der Waals surface area (Å²) in [5.41, 5.74) is 3.11. The Morgan fingerprint density at radius 1 is 1.41 bits per heavy atom. The molecule has 22 heavy (non-hydrogen) atoms. The van der Waals surface area contributed by atoms with Crippen LogP contribution < -0.4 is 5.56 Å². The van der Waals surface area contributed by atoms with Gasteiger partial charge in [0, 0.05) is 36.9 Å². The van der Waals surface area contributed by atoms with Crippen molar-refractivity contribution in [1.29, 1.82) is 0 Å². The molecule has 0 saturated carbocycles. The number of aryl methyl sites for hydroxylation is 1. The second-order valence-corrected chi connectivity index (χ2v) is 6.69. The SMILES string of the molecule is CCCc1nc2c(c(=O)[nH]1)CN(Cc1cccc(Br)c1)CC2. The van der Waals surface area contributed by atoms with Crippen molar-refractivity contribution >= 4 is 15.9 Å². The molecule has 0 saturated heterocycles. The molecule has 1 aliphatic heterocycles. The Morgan fingerprint density at radius 2 is 2.27 bits per heavy atom. The molecule has 1 aromatic carbocycles. The number of rotatable bonds is 4. The van der Waals surface area contributed by atoms with Gasteiger partial charge in [0.2, 0.25) is 0 Å². The number of fused-ring (bicyclic) bond motifs is 1. The zero-order valence-corrected chi connectivity index (χ0v) is 14.3. The molecule has 0 spiro atoms. The average molecular weight is 362 g/mol. The normalized spacial score (nSPS) is 14.8. The van der Waals surface area contributed by atoms with Gasteiger partial charge in [-0.05, 0) is 24.1 Å². The molecule has 0 atom stereocenters. The van der Waals surface area contributed by atoms with E-state index in [1.54, 1.807) is 0 Å². The number of hydrogen-bond donors (Lipinski definition) is 1. The highest BCUT2D eigenvalue weighted by molar-refractivity contribution is 9.10. The first-order valence-electron chi connectivity index (χ1n) is 7.73. The molecular weight excluding hydrogens is 342 g/mol. The number of benzene rings is 1. The molecule has 1 aliphatic rings. The largest absolute Gasteiger partial charge is 0.310 e. The molecular formula is C17H20BrN3O. The van der Waals surface area contributed by atoms with Crippen LogP contribution in [0.1, 0.15) is 36.0 Å². The third-order valence-electron chi connectivity index (χ3n) is 3.98. The van der Waals surface area contributed by atoms with Crippen molar-refractivity contribution in [1.82, 2.24) is 14.9 Å². The topological polar surface area (TPSA) is 49.0 Å². The molecule has 0 bridgehead atoms. The van der Waals surface area contributed by atoms with Crippen LogP contribution in [-0.4, -0.2) is 21.4 Å². The smallest absolute Gasteiger partial charge is 0.255 e. The number of nitrogens with one attached hydrogen (secondary N) is 1. The molecule has 4 nitrogen and oxygen atoms in total. The number of aromatic amines is 1. The lowest BCUT2D eigenvalue weighted by Gasteiger charge is -2.27. The van der Waals surface area contributed by atoms with Gasteiger partial charge in [0.05, 0.1) is 11.3 Å². The molecule has 1 aromatic heterocycles. The summed E-state index contributed by atoms with van der Waals surface area (Å²) < 4.78 is 1.09. The molecule has 0 amide bonds. The minimum absolute atomic E-state index is 0.0346. The van der Waals surface area contributed by atoms with Gasteiger partial charge in [0.25, 0.3) is 5.56 Å². The van der Waals surface area contributed by atoms with Crippen molar-refractivity contribution in [2.75, 3.05) is 6.54 Å². The molecule has 116 valence electrons. The van der Waals surface area contributed by atoms with Crippen LogP contribution in [0, 0.1) is 0 Å². The van der Waals surface area contributed by atoms with Gasteiger partial charge in [-0.2, -0.15) is 0 Å². The first-order chi connectivity index (χ1) is 10.7. The van der Waals surface area contributed by atoms with Crippen molar-refractivity contribution in [2.24, 2.45) is 0 Å². The van der Waals surface area contributed by atoms with Crippen LogP contribution in [0.2, 0.25) is 0 Å². The van der Waals surface area contributed by atoms with E-state index < -0.39 is 0 Å². The Bertz CT molecular complexity index is 726. The quantitative estimate of drug-likeness (QED) is 0.910. The van der Waals surface area contributed by atoms with Crippen LogP contribution in [0.15, 0.2) is 33.5 Å². The fourth-order valence-electron chi connectivity index (χ4n) is 2.92. The lowest BCUT2D eigenvalue weighted by atomic mass is 10.1. The van der Waals surface area contributed by atoms with E-state index in [9.17, 15) is 4.79 Å². The van der Waals surface area contributed by atoms with Gasteiger partial charge in [0.15, 0.2) is 0 Å². The Labute approximate surface area is 138 Å². The third kappa shape index (κ3) is 3.47. The zero-order chi connectivity index (χ0) is 15.5. The molecule has 2 heterocycles. The maximum atomic E-state index is 12.3. The first kappa shape index (κ1) is 15.4. The predicted octanol–water partition coefficient (Wildman–Crippen LogP) is 3.04. The van der Waals surface area contributed by atoms with Crippen molar-refractivity contribution in [3.63, 3.8) is 0 Å². The summed E-state index contributed by atoms with van der Waals surface area (Å²) in [6.45, 7) is 4.58. The van der Waals surface area contributed by atoms with Crippen molar-refractivity contribution in [3.8, 4) is 0 Å². The summed E-state index contributed by atoms with van der Waals surface area (Å²) in [4.78, 5) is 22.1. The van der Waals surface area contributed by atoms with Crippen LogP contribution in [0.3, 0.4) is 0 Å². The Hall–Kier alpha value is -1.46. The van der Waals surface area contributed by atoms with E-state index >= 15 is 0 Å². The van der Waals surface area contributed by atoms with E-state index in [0.29, 0.717) is 6.54 Å². The maximum absolute atomic E-state index is 12.3. The fourth-order valence-corrected chi connectivity index (χ4v) is 3.36. The van der Waals surface area contributed by atoms with Gasteiger partial charge in [-0.3, -0.25) is 9.69 Å². The van der Waals surface area contributed by atoms with E-state index in [4.69, 9.17) is 0 Å². The monoisotopic (exact) mass is 361 g/mol. The van der Waals surface area contributed by atoms with Crippen molar-refractivity contribution in [3.05, 3.63) is 61.7 Å². The van der Waals surface area contributed by atoms with E-state index in [-0.39, 0.29) is 5.56 Å². The maximum Gasteiger partial charge on any atom is 0.255 e. The highest BCUT2D eigenvalue weighted by Gasteiger charge is 2.21. The minimum Gasteiger partial charge on any atom is -0.310 e. The number of hydrogen-bond acceptors (Lipinski definition) is 3. The number of aromatic nitrogens is 2. The van der Waals surface area contributed by atoms with E-state index in [2.05, 4.69) is 49.9 Å². The van der Waals surface area contributed by atoms with E-state index in [1.807, 2.05) is 12.1 Å². The van der Waals surface area contributed by atoms with Crippen molar-refractivity contribution in [2.45, 2.75) is 39.3 Å².